The summed E-state index contributed by atoms with van der Waals surface area (Å²) in [4.78, 5) is 16.9. The molecule has 2 atom stereocenters. The minimum Gasteiger partial charge on any atom is -0.443 e. The number of oxazole rings is 1. The van der Waals surface area contributed by atoms with Crippen LogP contribution in [0.25, 0.3) is 22.1 Å². The van der Waals surface area contributed by atoms with Crippen molar-refractivity contribution in [1.82, 2.24) is 10.3 Å². The van der Waals surface area contributed by atoms with Gasteiger partial charge in [-0.1, -0.05) is 56.2 Å². The highest BCUT2D eigenvalue weighted by Crippen LogP contribution is 2.28. The number of hydrogen-bond acceptors (Lipinski definition) is 3. The maximum atomic E-state index is 12.7. The van der Waals surface area contributed by atoms with Gasteiger partial charge in [0, 0.05) is 11.6 Å². The standard InChI is InChI=1S/C21H22N2O2/c1-14-6-2-5-9-18(14)23-21(24)19-20(25-13-22-19)17-11-10-15-7-3-4-8-16(15)12-17/h3-4,7-8,10-14,18H,2,5-6,9H2,1H3,(H,23,24)/t14-,18-/m1/s1. The van der Waals surface area contributed by atoms with E-state index in [1.54, 1.807) is 0 Å². The van der Waals surface area contributed by atoms with E-state index >= 15 is 0 Å². The number of carbonyl (C=O) groups excluding carboxylic acids is 1. The van der Waals surface area contributed by atoms with Crippen LogP contribution < -0.4 is 5.32 Å². The monoisotopic (exact) mass is 334 g/mol. The molecule has 0 aliphatic heterocycles. The highest BCUT2D eigenvalue weighted by atomic mass is 16.3. The molecule has 1 fully saturated rings. The van der Waals surface area contributed by atoms with Gasteiger partial charge < -0.3 is 9.73 Å². The van der Waals surface area contributed by atoms with Gasteiger partial charge in [0.15, 0.2) is 17.8 Å². The van der Waals surface area contributed by atoms with Crippen LogP contribution in [0, 0.1) is 5.92 Å². The van der Waals surface area contributed by atoms with Gasteiger partial charge in [0.25, 0.3) is 5.91 Å². The number of rotatable bonds is 3. The molecular weight excluding hydrogens is 312 g/mol. The van der Waals surface area contributed by atoms with Crippen molar-refractivity contribution >= 4 is 16.7 Å². The molecule has 1 saturated carbocycles. The third kappa shape index (κ3) is 3.16. The zero-order valence-corrected chi connectivity index (χ0v) is 14.4. The molecule has 0 bridgehead atoms. The van der Waals surface area contributed by atoms with Gasteiger partial charge in [-0.15, -0.1) is 0 Å². The van der Waals surface area contributed by atoms with Gasteiger partial charge in [0.2, 0.25) is 0 Å². The molecule has 4 heteroatoms. The fraction of sp³-hybridized carbons (Fsp3) is 0.333. The average molecular weight is 334 g/mol. The molecule has 1 aliphatic carbocycles. The molecule has 4 nitrogen and oxygen atoms in total. The number of amides is 1. The third-order valence-corrected chi connectivity index (χ3v) is 5.22. The fourth-order valence-electron chi connectivity index (χ4n) is 3.71. The number of fused-ring (bicyclic) bond motifs is 1. The Balaban J connectivity index is 1.61. The summed E-state index contributed by atoms with van der Waals surface area (Å²) in [6, 6.07) is 14.4. The molecule has 1 N–H and O–H groups in total. The summed E-state index contributed by atoms with van der Waals surface area (Å²) in [5.74, 6) is 0.899. The lowest BCUT2D eigenvalue weighted by atomic mass is 9.86. The second kappa shape index (κ2) is 6.71. The van der Waals surface area contributed by atoms with Crippen LogP contribution in [-0.2, 0) is 0 Å². The maximum absolute atomic E-state index is 12.7. The molecule has 1 heterocycles. The van der Waals surface area contributed by atoms with E-state index in [9.17, 15) is 4.79 Å². The Bertz CT molecular complexity index is 900. The highest BCUT2D eigenvalue weighted by molar-refractivity contribution is 5.98. The first kappa shape index (κ1) is 15.9. The van der Waals surface area contributed by atoms with Gasteiger partial charge in [-0.3, -0.25) is 4.79 Å². The summed E-state index contributed by atoms with van der Waals surface area (Å²) in [6.45, 7) is 2.21. The topological polar surface area (TPSA) is 55.1 Å². The second-order valence-corrected chi connectivity index (χ2v) is 6.93. The fourth-order valence-corrected chi connectivity index (χ4v) is 3.71. The molecule has 2 aromatic carbocycles. The van der Waals surface area contributed by atoms with E-state index in [-0.39, 0.29) is 11.9 Å². The largest absolute Gasteiger partial charge is 0.443 e. The van der Waals surface area contributed by atoms with Crippen LogP contribution in [0.4, 0.5) is 0 Å². The minimum absolute atomic E-state index is 0.143. The molecular formula is C21H22N2O2. The van der Waals surface area contributed by atoms with Crippen molar-refractivity contribution in [3.05, 3.63) is 54.6 Å². The molecule has 1 aliphatic rings. The first-order valence-corrected chi connectivity index (χ1v) is 8.96. The molecule has 128 valence electrons. The molecule has 3 aromatic rings. The molecule has 0 unspecified atom stereocenters. The Hall–Kier alpha value is -2.62. The van der Waals surface area contributed by atoms with Crippen molar-refractivity contribution in [2.24, 2.45) is 5.92 Å². The van der Waals surface area contributed by atoms with Gasteiger partial charge in [0.05, 0.1) is 0 Å². The van der Waals surface area contributed by atoms with E-state index in [4.69, 9.17) is 4.42 Å². The van der Waals surface area contributed by atoms with Crippen molar-refractivity contribution in [1.29, 1.82) is 0 Å². The van der Waals surface area contributed by atoms with Gasteiger partial charge in [-0.2, -0.15) is 0 Å². The van der Waals surface area contributed by atoms with E-state index in [1.807, 2.05) is 30.3 Å². The van der Waals surface area contributed by atoms with Crippen molar-refractivity contribution in [2.75, 3.05) is 0 Å². The normalized spacial score (nSPS) is 20.5. The summed E-state index contributed by atoms with van der Waals surface area (Å²) in [5, 5.41) is 5.43. The Morgan fingerprint density at radius 2 is 1.92 bits per heavy atom. The van der Waals surface area contributed by atoms with Crippen LogP contribution in [0.1, 0.15) is 43.1 Å². The predicted molar refractivity (Wildman–Crippen MR) is 98.3 cm³/mol. The van der Waals surface area contributed by atoms with Gasteiger partial charge in [-0.05, 0) is 35.6 Å². The summed E-state index contributed by atoms with van der Waals surface area (Å²) in [5.41, 5.74) is 1.24. The van der Waals surface area contributed by atoms with E-state index in [2.05, 4.69) is 29.4 Å². The summed E-state index contributed by atoms with van der Waals surface area (Å²) >= 11 is 0. The molecule has 1 aromatic heterocycles. The lowest BCUT2D eigenvalue weighted by Crippen LogP contribution is -2.41. The minimum atomic E-state index is -0.143. The van der Waals surface area contributed by atoms with Crippen LogP contribution in [0.15, 0.2) is 53.3 Å². The van der Waals surface area contributed by atoms with E-state index in [0.717, 1.165) is 22.8 Å². The Morgan fingerprint density at radius 1 is 1.12 bits per heavy atom. The molecule has 0 saturated heterocycles. The second-order valence-electron chi connectivity index (χ2n) is 6.93. The van der Waals surface area contributed by atoms with E-state index < -0.39 is 0 Å². The zero-order valence-electron chi connectivity index (χ0n) is 14.4. The molecule has 0 spiro atoms. The predicted octanol–water partition coefficient (Wildman–Crippen LogP) is 4.80. The molecule has 4 rings (SSSR count). The van der Waals surface area contributed by atoms with Gasteiger partial charge >= 0.3 is 0 Å². The SMILES string of the molecule is C[C@@H]1CCCC[C@H]1NC(=O)c1ncoc1-c1ccc2ccccc2c1. The quantitative estimate of drug-likeness (QED) is 0.748. The van der Waals surface area contributed by atoms with Gasteiger partial charge in [-0.25, -0.2) is 4.98 Å². The highest BCUT2D eigenvalue weighted by Gasteiger charge is 2.26. The van der Waals surface area contributed by atoms with E-state index in [0.29, 0.717) is 17.4 Å². The van der Waals surface area contributed by atoms with E-state index in [1.165, 1.54) is 25.7 Å². The van der Waals surface area contributed by atoms with Crippen LogP contribution in [0.5, 0.6) is 0 Å². The summed E-state index contributed by atoms with van der Waals surface area (Å²) in [7, 11) is 0. The number of benzene rings is 2. The number of aromatic nitrogens is 1. The summed E-state index contributed by atoms with van der Waals surface area (Å²) in [6.07, 6.45) is 5.98. The van der Waals surface area contributed by atoms with Crippen LogP contribution in [-0.4, -0.2) is 16.9 Å². The van der Waals surface area contributed by atoms with Crippen LogP contribution in [0.3, 0.4) is 0 Å². The molecule has 1 amide bonds. The number of nitrogens with one attached hydrogen (secondary N) is 1. The van der Waals surface area contributed by atoms with Crippen molar-refractivity contribution in [2.45, 2.75) is 38.6 Å². The van der Waals surface area contributed by atoms with Crippen molar-refractivity contribution in [3.63, 3.8) is 0 Å². The van der Waals surface area contributed by atoms with Crippen molar-refractivity contribution in [3.8, 4) is 11.3 Å². The average Bonchev–Trinajstić information content (AvgIpc) is 3.13. The first-order chi connectivity index (χ1) is 12.2. The Labute approximate surface area is 147 Å². The number of carbonyl (C=O) groups is 1. The zero-order chi connectivity index (χ0) is 17.2. The number of hydrogen-bond donors (Lipinski definition) is 1. The maximum Gasteiger partial charge on any atom is 0.274 e. The van der Waals surface area contributed by atoms with Crippen LogP contribution in [0.2, 0.25) is 0 Å². The first-order valence-electron chi connectivity index (χ1n) is 8.96. The Morgan fingerprint density at radius 3 is 2.76 bits per heavy atom. The smallest absolute Gasteiger partial charge is 0.274 e. The van der Waals surface area contributed by atoms with Crippen LogP contribution >= 0.6 is 0 Å². The number of nitrogens with zero attached hydrogens (tertiary/aromatic N) is 1. The van der Waals surface area contributed by atoms with Crippen molar-refractivity contribution < 1.29 is 9.21 Å². The lowest BCUT2D eigenvalue weighted by Gasteiger charge is -2.29. The van der Waals surface area contributed by atoms with Gasteiger partial charge in [0.1, 0.15) is 0 Å². The third-order valence-electron chi connectivity index (χ3n) is 5.22. The molecule has 0 radical (unpaired) electrons. The Kier molecular flexibility index (Phi) is 4.26. The summed E-state index contributed by atoms with van der Waals surface area (Å²) < 4.78 is 5.56. The lowest BCUT2D eigenvalue weighted by molar-refractivity contribution is 0.0906. The molecule has 25 heavy (non-hydrogen) atoms.